The summed E-state index contributed by atoms with van der Waals surface area (Å²) in [6.07, 6.45) is 7.23. The highest BCUT2D eigenvalue weighted by Gasteiger charge is 2.20. The summed E-state index contributed by atoms with van der Waals surface area (Å²) in [5, 5.41) is 0.517. The van der Waals surface area contributed by atoms with Crippen molar-refractivity contribution in [3.05, 3.63) is 57.5 Å². The summed E-state index contributed by atoms with van der Waals surface area (Å²) < 4.78 is 12.5. The molecule has 7 heteroatoms. The Morgan fingerprint density at radius 2 is 1.87 bits per heavy atom. The number of hydrogen-bond acceptors (Lipinski definition) is 6. The monoisotopic (exact) mass is 428 g/mol. The van der Waals surface area contributed by atoms with E-state index in [-0.39, 0.29) is 18.8 Å². The first kappa shape index (κ1) is 22.0. The summed E-state index contributed by atoms with van der Waals surface area (Å²) in [4.78, 5) is 30.8. The molecule has 0 spiro atoms. The molecule has 0 fully saturated rings. The molecule has 0 aliphatic heterocycles. The normalized spacial score (nSPS) is 11.0. The van der Waals surface area contributed by atoms with Gasteiger partial charge in [-0.15, -0.1) is 11.3 Å². The van der Waals surface area contributed by atoms with Crippen molar-refractivity contribution >= 4 is 27.5 Å². The fourth-order valence-electron chi connectivity index (χ4n) is 3.28. The van der Waals surface area contributed by atoms with Crippen molar-refractivity contribution in [1.82, 2.24) is 9.55 Å². The molecule has 0 bridgehead atoms. The van der Waals surface area contributed by atoms with Gasteiger partial charge in [0, 0.05) is 6.54 Å². The van der Waals surface area contributed by atoms with E-state index in [0.29, 0.717) is 27.2 Å². The van der Waals surface area contributed by atoms with Crippen molar-refractivity contribution in [2.45, 2.75) is 52.5 Å². The number of carbonyl (C=O) groups is 1. The van der Waals surface area contributed by atoms with E-state index < -0.39 is 5.97 Å². The summed E-state index contributed by atoms with van der Waals surface area (Å²) in [5.41, 5.74) is 0.553. The maximum atomic E-state index is 12.9. The van der Waals surface area contributed by atoms with Gasteiger partial charge in [-0.3, -0.25) is 9.36 Å². The minimum absolute atomic E-state index is 0.0873. The number of hydrogen-bond donors (Lipinski definition) is 0. The van der Waals surface area contributed by atoms with Crippen LogP contribution in [0.2, 0.25) is 0 Å². The number of aryl methyl sites for hydroxylation is 2. The predicted molar refractivity (Wildman–Crippen MR) is 120 cm³/mol. The topological polar surface area (TPSA) is 70.4 Å². The molecule has 30 heavy (non-hydrogen) atoms. The zero-order valence-corrected chi connectivity index (χ0v) is 18.4. The average Bonchev–Trinajstić information content (AvgIpc) is 3.10. The molecule has 6 nitrogen and oxygen atoms in total. The van der Waals surface area contributed by atoms with Gasteiger partial charge >= 0.3 is 5.97 Å². The van der Waals surface area contributed by atoms with E-state index in [1.807, 2.05) is 30.3 Å². The van der Waals surface area contributed by atoms with Gasteiger partial charge in [0.05, 0.1) is 11.7 Å². The Hall–Kier alpha value is -2.67. The van der Waals surface area contributed by atoms with Gasteiger partial charge in [0.2, 0.25) is 0 Å². The Morgan fingerprint density at radius 3 is 2.63 bits per heavy atom. The van der Waals surface area contributed by atoms with Crippen molar-refractivity contribution in [2.24, 2.45) is 0 Å². The zero-order chi connectivity index (χ0) is 21.3. The van der Waals surface area contributed by atoms with Gasteiger partial charge in [-0.2, -0.15) is 0 Å². The highest BCUT2D eigenvalue weighted by atomic mass is 32.1. The lowest BCUT2D eigenvalue weighted by atomic mass is 10.1. The van der Waals surface area contributed by atoms with Gasteiger partial charge < -0.3 is 9.47 Å². The van der Waals surface area contributed by atoms with Crippen LogP contribution in [0, 0.1) is 6.92 Å². The highest BCUT2D eigenvalue weighted by molar-refractivity contribution is 7.20. The summed E-state index contributed by atoms with van der Waals surface area (Å²) in [7, 11) is 0. The summed E-state index contributed by atoms with van der Waals surface area (Å²) in [5.74, 6) is 0.281. The van der Waals surface area contributed by atoms with Crippen LogP contribution in [0.4, 0.5) is 0 Å². The first-order valence-electron chi connectivity index (χ1n) is 10.4. The quantitative estimate of drug-likeness (QED) is 0.318. The standard InChI is InChI=1S/C23H28N2O4S/c1-3-4-5-6-10-13-25-16-24-21-19(22(25)26)17(2)20(30-21)23(27)29-15-14-28-18-11-8-7-9-12-18/h7-9,11-12,16H,3-6,10,13-15H2,1-2H3. The summed E-state index contributed by atoms with van der Waals surface area (Å²) >= 11 is 1.20. The van der Waals surface area contributed by atoms with E-state index >= 15 is 0 Å². The summed E-state index contributed by atoms with van der Waals surface area (Å²) in [6.45, 7) is 5.02. The lowest BCUT2D eigenvalue weighted by Gasteiger charge is -2.07. The van der Waals surface area contributed by atoms with Crippen LogP contribution in [0.3, 0.4) is 0 Å². The second kappa shape index (κ2) is 10.9. The predicted octanol–water partition coefficient (Wildman–Crippen LogP) is 4.97. The van der Waals surface area contributed by atoms with E-state index in [2.05, 4.69) is 11.9 Å². The van der Waals surface area contributed by atoms with Crippen molar-refractivity contribution in [3.63, 3.8) is 0 Å². The van der Waals surface area contributed by atoms with Crippen molar-refractivity contribution < 1.29 is 14.3 Å². The third-order valence-electron chi connectivity index (χ3n) is 4.93. The van der Waals surface area contributed by atoms with Crippen LogP contribution < -0.4 is 10.3 Å². The molecule has 2 aromatic heterocycles. The number of fused-ring (bicyclic) bond motifs is 1. The van der Waals surface area contributed by atoms with E-state index in [4.69, 9.17) is 9.47 Å². The summed E-state index contributed by atoms with van der Waals surface area (Å²) in [6, 6.07) is 9.36. The number of ether oxygens (including phenoxy) is 2. The van der Waals surface area contributed by atoms with Crippen LogP contribution >= 0.6 is 11.3 Å². The number of nitrogens with zero attached hydrogens (tertiary/aromatic N) is 2. The van der Waals surface area contributed by atoms with Gasteiger partial charge in [-0.1, -0.05) is 50.8 Å². The third kappa shape index (κ3) is 5.48. The number of unbranched alkanes of at least 4 members (excludes halogenated alkanes) is 4. The highest BCUT2D eigenvalue weighted by Crippen LogP contribution is 2.27. The van der Waals surface area contributed by atoms with Gasteiger partial charge in [0.15, 0.2) is 0 Å². The van der Waals surface area contributed by atoms with E-state index in [0.717, 1.165) is 18.6 Å². The molecule has 0 aliphatic rings. The second-order valence-electron chi connectivity index (χ2n) is 7.19. The fraction of sp³-hybridized carbons (Fsp3) is 0.435. The van der Waals surface area contributed by atoms with Crippen LogP contribution in [-0.2, 0) is 11.3 Å². The Kier molecular flexibility index (Phi) is 8.02. The maximum absolute atomic E-state index is 12.9. The second-order valence-corrected chi connectivity index (χ2v) is 8.19. The van der Waals surface area contributed by atoms with E-state index in [1.165, 1.54) is 30.6 Å². The maximum Gasteiger partial charge on any atom is 0.348 e. The molecule has 0 unspecified atom stereocenters. The van der Waals surface area contributed by atoms with Crippen LogP contribution in [0.25, 0.3) is 10.2 Å². The molecular weight excluding hydrogens is 400 g/mol. The molecule has 3 aromatic rings. The molecule has 0 saturated heterocycles. The van der Waals surface area contributed by atoms with Gasteiger partial charge in [-0.05, 0) is 31.0 Å². The Bertz CT molecular complexity index is 1030. The first-order valence-corrected chi connectivity index (χ1v) is 11.3. The number of carbonyl (C=O) groups excluding carboxylic acids is 1. The smallest absolute Gasteiger partial charge is 0.348 e. The Balaban J connectivity index is 1.61. The fourth-order valence-corrected chi connectivity index (χ4v) is 4.31. The lowest BCUT2D eigenvalue weighted by Crippen LogP contribution is -2.20. The average molecular weight is 429 g/mol. The first-order chi connectivity index (χ1) is 14.6. The van der Waals surface area contributed by atoms with Crippen LogP contribution in [0.15, 0.2) is 41.5 Å². The molecular formula is C23H28N2O4S. The lowest BCUT2D eigenvalue weighted by molar-refractivity contribution is 0.0455. The molecule has 0 aliphatic carbocycles. The molecule has 1 aromatic carbocycles. The minimum Gasteiger partial charge on any atom is -0.490 e. The Morgan fingerprint density at radius 1 is 1.10 bits per heavy atom. The third-order valence-corrected chi connectivity index (χ3v) is 6.11. The molecule has 0 saturated carbocycles. The molecule has 0 radical (unpaired) electrons. The largest absolute Gasteiger partial charge is 0.490 e. The van der Waals surface area contributed by atoms with Crippen LogP contribution in [0.5, 0.6) is 5.75 Å². The van der Waals surface area contributed by atoms with Gasteiger partial charge in [0.1, 0.15) is 28.7 Å². The number of rotatable bonds is 11. The Labute approximate surface area is 180 Å². The number of aromatic nitrogens is 2. The molecule has 2 heterocycles. The molecule has 0 atom stereocenters. The molecule has 0 amide bonds. The SMILES string of the molecule is CCCCCCCn1cnc2sc(C(=O)OCCOc3ccccc3)c(C)c2c1=O. The molecule has 0 N–H and O–H groups in total. The van der Waals surface area contributed by atoms with E-state index in [1.54, 1.807) is 17.8 Å². The van der Waals surface area contributed by atoms with E-state index in [9.17, 15) is 9.59 Å². The van der Waals surface area contributed by atoms with Crippen molar-refractivity contribution in [3.8, 4) is 5.75 Å². The number of benzene rings is 1. The van der Waals surface area contributed by atoms with Crippen LogP contribution in [-0.4, -0.2) is 28.7 Å². The molecule has 3 rings (SSSR count). The van der Waals surface area contributed by atoms with Gasteiger partial charge in [0.25, 0.3) is 5.56 Å². The van der Waals surface area contributed by atoms with Crippen molar-refractivity contribution in [1.29, 1.82) is 0 Å². The number of thiophene rings is 1. The zero-order valence-electron chi connectivity index (χ0n) is 17.6. The number of para-hydroxylation sites is 1. The van der Waals surface area contributed by atoms with Crippen LogP contribution in [0.1, 0.15) is 54.3 Å². The number of esters is 1. The van der Waals surface area contributed by atoms with Crippen molar-refractivity contribution in [2.75, 3.05) is 13.2 Å². The van der Waals surface area contributed by atoms with Gasteiger partial charge in [-0.25, -0.2) is 9.78 Å². The minimum atomic E-state index is -0.447. The molecule has 160 valence electrons.